The zero-order valence-corrected chi connectivity index (χ0v) is 10.4. The molecule has 3 aromatic rings. The number of phenolic OH excluding ortho intramolecular Hbond substituents is 1. The van der Waals surface area contributed by atoms with Crippen LogP contribution in [0.25, 0.3) is 10.9 Å². The molecule has 20 heavy (non-hydrogen) atoms. The van der Waals surface area contributed by atoms with Crippen LogP contribution in [0.2, 0.25) is 0 Å². The highest BCUT2D eigenvalue weighted by atomic mass is 19.1. The average Bonchev–Trinajstić information content (AvgIpc) is 2.42. The first kappa shape index (κ1) is 12.3. The Morgan fingerprint density at radius 1 is 1.15 bits per heavy atom. The van der Waals surface area contributed by atoms with Crippen molar-refractivity contribution >= 4 is 10.9 Å². The van der Waals surface area contributed by atoms with E-state index in [1.54, 1.807) is 24.3 Å². The van der Waals surface area contributed by atoms with Gasteiger partial charge in [0.25, 0.3) is 5.56 Å². The smallest absolute Gasteiger partial charge is 0.258 e. The van der Waals surface area contributed by atoms with Crippen LogP contribution in [0.4, 0.5) is 4.39 Å². The molecule has 0 fully saturated rings. The van der Waals surface area contributed by atoms with Crippen LogP contribution in [0.1, 0.15) is 11.4 Å². The van der Waals surface area contributed by atoms with Crippen LogP contribution >= 0.6 is 0 Å². The van der Waals surface area contributed by atoms with Gasteiger partial charge in [0.15, 0.2) is 0 Å². The first-order chi connectivity index (χ1) is 9.61. The van der Waals surface area contributed by atoms with Gasteiger partial charge < -0.3 is 10.1 Å². The number of phenols is 1. The van der Waals surface area contributed by atoms with Gasteiger partial charge in [0.05, 0.1) is 10.9 Å². The lowest BCUT2D eigenvalue weighted by Gasteiger charge is -2.04. The third-order valence-corrected chi connectivity index (χ3v) is 3.02. The van der Waals surface area contributed by atoms with Crippen LogP contribution in [-0.4, -0.2) is 15.1 Å². The molecule has 5 heteroatoms. The van der Waals surface area contributed by atoms with Crippen molar-refractivity contribution < 1.29 is 9.50 Å². The highest BCUT2D eigenvalue weighted by Gasteiger charge is 2.06. The van der Waals surface area contributed by atoms with Gasteiger partial charge >= 0.3 is 0 Å². The predicted octanol–water partition coefficient (Wildman–Crippen LogP) is 2.36. The number of H-pyrrole nitrogens is 1. The van der Waals surface area contributed by atoms with Gasteiger partial charge in [-0.3, -0.25) is 4.79 Å². The van der Waals surface area contributed by atoms with E-state index >= 15 is 0 Å². The Morgan fingerprint density at radius 2 is 1.90 bits per heavy atom. The van der Waals surface area contributed by atoms with Crippen LogP contribution in [0.5, 0.6) is 5.75 Å². The van der Waals surface area contributed by atoms with Crippen LogP contribution in [0, 0.1) is 5.82 Å². The van der Waals surface area contributed by atoms with E-state index in [4.69, 9.17) is 0 Å². The summed E-state index contributed by atoms with van der Waals surface area (Å²) in [5.41, 5.74) is 1.01. The van der Waals surface area contributed by atoms with Gasteiger partial charge in [0.1, 0.15) is 17.4 Å². The summed E-state index contributed by atoms with van der Waals surface area (Å²) in [6.07, 6.45) is 0.433. The van der Waals surface area contributed by atoms with Crippen molar-refractivity contribution in [2.45, 2.75) is 6.42 Å². The number of aromatic nitrogens is 2. The third kappa shape index (κ3) is 2.38. The molecule has 3 rings (SSSR count). The molecule has 0 aliphatic heterocycles. The topological polar surface area (TPSA) is 66.0 Å². The fourth-order valence-electron chi connectivity index (χ4n) is 2.05. The Morgan fingerprint density at radius 3 is 2.65 bits per heavy atom. The second kappa shape index (κ2) is 4.77. The highest BCUT2D eigenvalue weighted by Crippen LogP contribution is 2.13. The average molecular weight is 270 g/mol. The van der Waals surface area contributed by atoms with Gasteiger partial charge in [-0.15, -0.1) is 0 Å². The molecule has 0 unspecified atom stereocenters. The van der Waals surface area contributed by atoms with Gasteiger partial charge in [-0.2, -0.15) is 0 Å². The monoisotopic (exact) mass is 270 g/mol. The number of nitrogens with one attached hydrogen (secondary N) is 1. The quantitative estimate of drug-likeness (QED) is 0.751. The number of fused-ring (bicyclic) bond motifs is 1. The van der Waals surface area contributed by atoms with E-state index in [2.05, 4.69) is 9.97 Å². The number of aromatic hydroxyl groups is 1. The van der Waals surface area contributed by atoms with E-state index in [1.165, 1.54) is 18.2 Å². The molecule has 0 aliphatic carbocycles. The lowest BCUT2D eigenvalue weighted by Crippen LogP contribution is -2.12. The summed E-state index contributed by atoms with van der Waals surface area (Å²) in [7, 11) is 0. The molecule has 4 nitrogen and oxygen atoms in total. The molecule has 2 N–H and O–H groups in total. The number of hydrogen-bond acceptors (Lipinski definition) is 3. The first-order valence-electron chi connectivity index (χ1n) is 6.08. The lowest BCUT2D eigenvalue weighted by molar-refractivity contribution is 0.475. The zero-order valence-electron chi connectivity index (χ0n) is 10.4. The molecular weight excluding hydrogens is 259 g/mol. The van der Waals surface area contributed by atoms with Crippen LogP contribution in [0.3, 0.4) is 0 Å². The largest absolute Gasteiger partial charge is 0.508 e. The van der Waals surface area contributed by atoms with Crippen molar-refractivity contribution in [3.63, 3.8) is 0 Å². The van der Waals surface area contributed by atoms with Crippen molar-refractivity contribution in [2.75, 3.05) is 0 Å². The molecule has 0 aliphatic rings. The molecule has 0 spiro atoms. The van der Waals surface area contributed by atoms with Crippen molar-refractivity contribution in [2.24, 2.45) is 0 Å². The molecule has 0 radical (unpaired) electrons. The fraction of sp³-hybridized carbons (Fsp3) is 0.0667. The second-order valence-electron chi connectivity index (χ2n) is 4.52. The molecule has 0 bridgehead atoms. The van der Waals surface area contributed by atoms with Gasteiger partial charge in [-0.1, -0.05) is 12.1 Å². The number of rotatable bonds is 2. The van der Waals surface area contributed by atoms with Gasteiger partial charge in [0.2, 0.25) is 0 Å². The Labute approximate surface area is 113 Å². The van der Waals surface area contributed by atoms with Crippen LogP contribution in [0.15, 0.2) is 47.3 Å². The summed E-state index contributed by atoms with van der Waals surface area (Å²) >= 11 is 0. The molecule has 2 aromatic carbocycles. The number of aromatic amines is 1. The summed E-state index contributed by atoms with van der Waals surface area (Å²) in [5.74, 6) is 0.222. The minimum absolute atomic E-state index is 0.184. The number of halogens is 1. The fourth-order valence-corrected chi connectivity index (χ4v) is 2.05. The summed E-state index contributed by atoms with van der Waals surface area (Å²) in [5, 5.41) is 9.46. The van der Waals surface area contributed by atoms with E-state index in [0.29, 0.717) is 17.8 Å². The number of hydrogen-bond donors (Lipinski definition) is 2. The Balaban J connectivity index is 2.02. The van der Waals surface area contributed by atoms with Gasteiger partial charge in [0, 0.05) is 6.42 Å². The summed E-state index contributed by atoms with van der Waals surface area (Å²) in [6, 6.07) is 10.6. The molecule has 0 saturated carbocycles. The van der Waals surface area contributed by atoms with Crippen LogP contribution < -0.4 is 5.56 Å². The standard InChI is InChI=1S/C15H11FN2O2/c16-10-3-6-13-12(8-10)15(20)18-14(17-13)7-9-1-4-11(19)5-2-9/h1-6,8,19H,7H2,(H,17,18,20). The van der Waals surface area contributed by atoms with Crippen molar-refractivity contribution in [3.05, 3.63) is 70.0 Å². The van der Waals surface area contributed by atoms with E-state index in [-0.39, 0.29) is 16.7 Å². The zero-order chi connectivity index (χ0) is 14.1. The SMILES string of the molecule is O=c1[nH]c(Cc2ccc(O)cc2)nc2ccc(F)cc12. The summed E-state index contributed by atoms with van der Waals surface area (Å²) in [6.45, 7) is 0. The maximum Gasteiger partial charge on any atom is 0.258 e. The minimum atomic E-state index is -0.462. The van der Waals surface area contributed by atoms with Crippen molar-refractivity contribution in [1.82, 2.24) is 9.97 Å². The Hall–Kier alpha value is -2.69. The van der Waals surface area contributed by atoms with E-state index in [0.717, 1.165) is 5.56 Å². The maximum absolute atomic E-state index is 13.1. The van der Waals surface area contributed by atoms with E-state index in [1.807, 2.05) is 0 Å². The van der Waals surface area contributed by atoms with Crippen LogP contribution in [-0.2, 0) is 6.42 Å². The lowest BCUT2D eigenvalue weighted by atomic mass is 10.1. The third-order valence-electron chi connectivity index (χ3n) is 3.02. The highest BCUT2D eigenvalue weighted by molar-refractivity contribution is 5.77. The van der Waals surface area contributed by atoms with E-state index in [9.17, 15) is 14.3 Å². The molecule has 1 aromatic heterocycles. The number of nitrogens with zero attached hydrogens (tertiary/aromatic N) is 1. The van der Waals surface area contributed by atoms with Crippen molar-refractivity contribution in [3.8, 4) is 5.75 Å². The number of benzene rings is 2. The molecule has 1 heterocycles. The van der Waals surface area contributed by atoms with Gasteiger partial charge in [-0.25, -0.2) is 9.37 Å². The normalized spacial score (nSPS) is 10.8. The first-order valence-corrected chi connectivity index (χ1v) is 6.08. The molecular formula is C15H11FN2O2. The Bertz CT molecular complexity index is 825. The molecule has 100 valence electrons. The van der Waals surface area contributed by atoms with Crippen molar-refractivity contribution in [1.29, 1.82) is 0 Å². The maximum atomic E-state index is 13.1. The molecule has 0 amide bonds. The summed E-state index contributed by atoms with van der Waals surface area (Å²) in [4.78, 5) is 18.8. The second-order valence-corrected chi connectivity index (χ2v) is 4.52. The summed E-state index contributed by atoms with van der Waals surface area (Å²) < 4.78 is 13.1. The predicted molar refractivity (Wildman–Crippen MR) is 73.2 cm³/mol. The minimum Gasteiger partial charge on any atom is -0.508 e. The van der Waals surface area contributed by atoms with E-state index < -0.39 is 5.82 Å². The Kier molecular flexibility index (Phi) is 2.95. The van der Waals surface area contributed by atoms with Gasteiger partial charge in [-0.05, 0) is 35.9 Å². The molecule has 0 saturated heterocycles. The molecule has 0 atom stereocenters.